The third-order valence-electron chi connectivity index (χ3n) is 3.87. The fourth-order valence-electron chi connectivity index (χ4n) is 2.33. The number of benzene rings is 1. The van der Waals surface area contributed by atoms with Crippen LogP contribution in [0.15, 0.2) is 41.8 Å². The van der Waals surface area contributed by atoms with Gasteiger partial charge in [0.25, 0.3) is 11.8 Å². The minimum Gasteiger partial charge on any atom is -0.451 e. The van der Waals surface area contributed by atoms with Crippen LogP contribution in [-0.4, -0.2) is 29.9 Å². The third kappa shape index (κ3) is 5.66. The standard InChI is InChI=1S/C20H21N3O4S/c1-12(2)17(23-19(25)16-8-5-9-28-16)20(26)27-13(3)18(24)22-15-7-4-6-14(10-15)11-21/h4-10,12-13,17H,1-3H3,(H,22,24)(H,23,25)/t13-,17-/m1/s1. The first kappa shape index (κ1) is 21.1. The number of carbonyl (C=O) groups excluding carboxylic acids is 3. The number of nitrogens with one attached hydrogen (secondary N) is 2. The molecule has 1 aromatic heterocycles. The number of hydrogen-bond donors (Lipinski definition) is 2. The smallest absolute Gasteiger partial charge is 0.329 e. The molecular formula is C20H21N3O4S. The summed E-state index contributed by atoms with van der Waals surface area (Å²) in [7, 11) is 0. The van der Waals surface area contributed by atoms with Gasteiger partial charge >= 0.3 is 5.97 Å². The van der Waals surface area contributed by atoms with Crippen LogP contribution in [0.3, 0.4) is 0 Å². The summed E-state index contributed by atoms with van der Waals surface area (Å²) in [5, 5.41) is 15.9. The lowest BCUT2D eigenvalue weighted by Crippen LogP contribution is -2.47. The number of rotatable bonds is 7. The van der Waals surface area contributed by atoms with Gasteiger partial charge in [0.15, 0.2) is 6.10 Å². The van der Waals surface area contributed by atoms with Gasteiger partial charge in [0.2, 0.25) is 0 Å². The van der Waals surface area contributed by atoms with E-state index in [-0.39, 0.29) is 11.8 Å². The van der Waals surface area contributed by atoms with E-state index in [9.17, 15) is 14.4 Å². The van der Waals surface area contributed by atoms with E-state index in [0.717, 1.165) is 0 Å². The van der Waals surface area contributed by atoms with Crippen LogP contribution >= 0.6 is 11.3 Å². The highest BCUT2D eigenvalue weighted by molar-refractivity contribution is 7.12. The first-order chi connectivity index (χ1) is 13.3. The van der Waals surface area contributed by atoms with Crippen LogP contribution in [0.25, 0.3) is 0 Å². The number of hydrogen-bond acceptors (Lipinski definition) is 6. The second kappa shape index (κ2) is 9.67. The van der Waals surface area contributed by atoms with Crippen molar-refractivity contribution in [2.45, 2.75) is 32.9 Å². The van der Waals surface area contributed by atoms with E-state index in [1.807, 2.05) is 6.07 Å². The molecule has 0 aliphatic carbocycles. The van der Waals surface area contributed by atoms with Gasteiger partial charge in [0.1, 0.15) is 6.04 Å². The van der Waals surface area contributed by atoms with E-state index >= 15 is 0 Å². The summed E-state index contributed by atoms with van der Waals surface area (Å²) < 4.78 is 5.26. The van der Waals surface area contributed by atoms with Crippen LogP contribution in [0.4, 0.5) is 5.69 Å². The normalized spacial score (nSPS) is 12.5. The predicted molar refractivity (Wildman–Crippen MR) is 106 cm³/mol. The van der Waals surface area contributed by atoms with Crippen molar-refractivity contribution in [1.29, 1.82) is 5.26 Å². The molecule has 2 N–H and O–H groups in total. The summed E-state index contributed by atoms with van der Waals surface area (Å²) in [6.07, 6.45) is -1.07. The number of thiophene rings is 1. The molecule has 2 atom stereocenters. The Balaban J connectivity index is 1.98. The average molecular weight is 399 g/mol. The average Bonchev–Trinajstić information content (AvgIpc) is 3.20. The summed E-state index contributed by atoms with van der Waals surface area (Å²) in [4.78, 5) is 37.5. The van der Waals surface area contributed by atoms with E-state index in [1.165, 1.54) is 24.3 Å². The maximum absolute atomic E-state index is 12.5. The van der Waals surface area contributed by atoms with Crippen LogP contribution in [0, 0.1) is 17.2 Å². The molecule has 0 aliphatic heterocycles. The molecule has 0 saturated carbocycles. The van der Waals surface area contributed by atoms with Crippen LogP contribution in [0.5, 0.6) is 0 Å². The molecule has 8 heteroatoms. The van der Waals surface area contributed by atoms with Gasteiger partial charge in [-0.15, -0.1) is 11.3 Å². The molecule has 0 radical (unpaired) electrons. The molecule has 0 saturated heterocycles. The molecule has 0 bridgehead atoms. The summed E-state index contributed by atoms with van der Waals surface area (Å²) in [5.41, 5.74) is 0.831. The maximum atomic E-state index is 12.5. The van der Waals surface area contributed by atoms with E-state index in [2.05, 4.69) is 10.6 Å². The second-order valence-electron chi connectivity index (χ2n) is 6.43. The highest BCUT2D eigenvalue weighted by Crippen LogP contribution is 2.13. The molecule has 0 aliphatic rings. The molecule has 1 aromatic carbocycles. The van der Waals surface area contributed by atoms with Crippen LogP contribution in [0.1, 0.15) is 36.0 Å². The Morgan fingerprint density at radius 3 is 2.50 bits per heavy atom. The molecule has 28 heavy (non-hydrogen) atoms. The van der Waals surface area contributed by atoms with E-state index in [0.29, 0.717) is 16.1 Å². The number of ether oxygens (including phenoxy) is 1. The van der Waals surface area contributed by atoms with Crippen LogP contribution in [0.2, 0.25) is 0 Å². The first-order valence-corrected chi connectivity index (χ1v) is 9.55. The summed E-state index contributed by atoms with van der Waals surface area (Å²) in [6, 6.07) is 10.9. The Bertz CT molecular complexity index is 887. The van der Waals surface area contributed by atoms with E-state index in [1.54, 1.807) is 49.6 Å². The molecule has 0 fully saturated rings. The number of nitrogens with zero attached hydrogens (tertiary/aromatic N) is 1. The number of carbonyl (C=O) groups is 3. The minimum absolute atomic E-state index is 0.223. The molecule has 2 rings (SSSR count). The van der Waals surface area contributed by atoms with Crippen LogP contribution in [-0.2, 0) is 14.3 Å². The molecular weight excluding hydrogens is 378 g/mol. The van der Waals surface area contributed by atoms with Gasteiger partial charge in [-0.25, -0.2) is 4.79 Å². The maximum Gasteiger partial charge on any atom is 0.329 e. The SMILES string of the molecule is CC(C)[C@@H](NC(=O)c1cccs1)C(=O)O[C@H](C)C(=O)Nc1cccc(C#N)c1. The van der Waals surface area contributed by atoms with Gasteiger partial charge in [-0.3, -0.25) is 9.59 Å². The fraction of sp³-hybridized carbons (Fsp3) is 0.300. The predicted octanol–water partition coefficient (Wildman–Crippen LogP) is 2.94. The summed E-state index contributed by atoms with van der Waals surface area (Å²) >= 11 is 1.27. The Morgan fingerprint density at radius 2 is 1.89 bits per heavy atom. The van der Waals surface area contributed by atoms with Gasteiger partial charge in [0.05, 0.1) is 16.5 Å². The third-order valence-corrected chi connectivity index (χ3v) is 4.74. The highest BCUT2D eigenvalue weighted by atomic mass is 32.1. The number of amides is 2. The summed E-state index contributed by atoms with van der Waals surface area (Å²) in [6.45, 7) is 5.00. The zero-order valence-corrected chi connectivity index (χ0v) is 16.6. The Hall–Kier alpha value is -3.18. The number of anilines is 1. The van der Waals surface area contributed by atoms with Crippen molar-refractivity contribution < 1.29 is 19.1 Å². The van der Waals surface area contributed by atoms with Crippen molar-refractivity contribution in [2.75, 3.05) is 5.32 Å². The van der Waals surface area contributed by atoms with Crippen molar-refractivity contribution in [3.8, 4) is 6.07 Å². The molecule has 0 unspecified atom stereocenters. The molecule has 0 spiro atoms. The molecule has 146 valence electrons. The summed E-state index contributed by atoms with van der Waals surface area (Å²) in [5.74, 6) is -1.81. The minimum atomic E-state index is -1.07. The fourth-order valence-corrected chi connectivity index (χ4v) is 2.96. The Kier molecular flexibility index (Phi) is 7.29. The number of esters is 1. The zero-order chi connectivity index (χ0) is 20.7. The monoisotopic (exact) mass is 399 g/mol. The van der Waals surface area contributed by atoms with Gasteiger partial charge in [-0.1, -0.05) is 26.0 Å². The molecule has 1 heterocycles. The highest BCUT2D eigenvalue weighted by Gasteiger charge is 2.29. The van der Waals surface area contributed by atoms with Crippen LogP contribution < -0.4 is 10.6 Å². The largest absolute Gasteiger partial charge is 0.451 e. The Labute approximate surface area is 167 Å². The first-order valence-electron chi connectivity index (χ1n) is 8.67. The lowest BCUT2D eigenvalue weighted by molar-refractivity contribution is -0.156. The van der Waals surface area contributed by atoms with Gasteiger partial charge in [-0.05, 0) is 42.5 Å². The topological polar surface area (TPSA) is 108 Å². The Morgan fingerprint density at radius 1 is 1.14 bits per heavy atom. The van der Waals surface area contributed by atoms with Crippen molar-refractivity contribution in [3.63, 3.8) is 0 Å². The van der Waals surface area contributed by atoms with Crippen molar-refractivity contribution in [2.24, 2.45) is 5.92 Å². The number of nitriles is 1. The molecule has 7 nitrogen and oxygen atoms in total. The zero-order valence-electron chi connectivity index (χ0n) is 15.8. The van der Waals surface area contributed by atoms with Crippen molar-refractivity contribution in [1.82, 2.24) is 5.32 Å². The van der Waals surface area contributed by atoms with Crippen molar-refractivity contribution in [3.05, 3.63) is 52.2 Å². The van der Waals surface area contributed by atoms with E-state index < -0.39 is 24.0 Å². The van der Waals surface area contributed by atoms with Gasteiger partial charge in [-0.2, -0.15) is 5.26 Å². The van der Waals surface area contributed by atoms with E-state index in [4.69, 9.17) is 10.00 Å². The molecule has 2 aromatic rings. The molecule has 2 amide bonds. The second-order valence-corrected chi connectivity index (χ2v) is 7.38. The van der Waals surface area contributed by atoms with Gasteiger partial charge < -0.3 is 15.4 Å². The lowest BCUT2D eigenvalue weighted by Gasteiger charge is -2.22. The quantitative estimate of drug-likeness (QED) is 0.696. The lowest BCUT2D eigenvalue weighted by atomic mass is 10.0. The van der Waals surface area contributed by atoms with Gasteiger partial charge in [0, 0.05) is 5.69 Å². The van der Waals surface area contributed by atoms with Crippen molar-refractivity contribution >= 4 is 34.8 Å².